The lowest BCUT2D eigenvalue weighted by molar-refractivity contribution is -0.161. The molecule has 0 aliphatic carbocycles. The summed E-state index contributed by atoms with van der Waals surface area (Å²) in [5.74, 6) is -0.605. The molecule has 0 aliphatic heterocycles. The molecule has 0 heterocycles. The zero-order valence-electron chi connectivity index (χ0n) is 56.3. The molecule has 0 spiro atoms. The summed E-state index contributed by atoms with van der Waals surface area (Å²) in [4.78, 5) is 72.4. The van der Waals surface area contributed by atoms with Crippen LogP contribution in [0.1, 0.15) is 343 Å². The Balaban J connectivity index is 5.25. The van der Waals surface area contributed by atoms with Crippen LogP contribution in [0.4, 0.5) is 0 Å². The van der Waals surface area contributed by atoms with E-state index in [0.717, 1.165) is 102 Å². The number of esters is 4. The minimum atomic E-state index is -4.95. The van der Waals surface area contributed by atoms with Crippen molar-refractivity contribution >= 4 is 39.5 Å². The van der Waals surface area contributed by atoms with E-state index in [1.165, 1.54) is 161 Å². The monoisotopic (exact) mass is 1280 g/mol. The first kappa shape index (κ1) is 85.1. The van der Waals surface area contributed by atoms with Crippen LogP contribution in [-0.2, 0) is 65.4 Å². The number of aliphatic hydroxyl groups excluding tert-OH is 1. The molecular weight excluding hydrogens is 1150 g/mol. The Bertz CT molecular complexity index is 1700. The van der Waals surface area contributed by atoms with Crippen molar-refractivity contribution in [1.82, 2.24) is 0 Å². The van der Waals surface area contributed by atoms with Crippen LogP contribution in [0.3, 0.4) is 0 Å². The minimum absolute atomic E-state index is 0.103. The third-order valence-corrected chi connectivity index (χ3v) is 18.3. The highest BCUT2D eigenvalue weighted by atomic mass is 31.2. The molecule has 0 bridgehead atoms. The number of aliphatic hydroxyl groups is 1. The number of unbranched alkanes of at least 4 members (excludes halogenated alkanes) is 35. The van der Waals surface area contributed by atoms with Crippen LogP contribution in [0, 0.1) is 11.8 Å². The Kier molecular flexibility index (Phi) is 59.0. The van der Waals surface area contributed by atoms with Crippen LogP contribution in [-0.4, -0.2) is 96.7 Å². The molecule has 17 nitrogen and oxygen atoms in total. The van der Waals surface area contributed by atoms with Gasteiger partial charge in [-0.15, -0.1) is 0 Å². The van der Waals surface area contributed by atoms with Gasteiger partial charge in [0.15, 0.2) is 12.2 Å². The van der Waals surface area contributed by atoms with E-state index in [9.17, 15) is 43.2 Å². The molecule has 0 amide bonds. The maximum absolute atomic E-state index is 13.0. The summed E-state index contributed by atoms with van der Waals surface area (Å²) < 4.78 is 68.2. The van der Waals surface area contributed by atoms with Gasteiger partial charge < -0.3 is 33.8 Å². The molecular formula is C68H132O17P2. The highest BCUT2D eigenvalue weighted by Gasteiger charge is 2.30. The van der Waals surface area contributed by atoms with E-state index in [1.54, 1.807) is 0 Å². The topological polar surface area (TPSA) is 237 Å². The van der Waals surface area contributed by atoms with Crippen molar-refractivity contribution < 1.29 is 80.2 Å². The van der Waals surface area contributed by atoms with Crippen LogP contribution >= 0.6 is 15.6 Å². The molecule has 0 aromatic rings. The SMILES string of the molecule is CCCCCCCCCCCCCCCC(=O)OC[C@H](COP(=O)(O)OC[C@@H](O)COP(=O)(O)OC[C@@H](COC(=O)CCCCCCCCCCCC)OC(=O)CCCCCCCCC(C)CC)OC(=O)CCCCCCCCCCCCC(C)CC. The lowest BCUT2D eigenvalue weighted by Crippen LogP contribution is -2.30. The first-order valence-corrected chi connectivity index (χ1v) is 38.6. The molecule has 0 fully saturated rings. The molecule has 0 aromatic carbocycles. The van der Waals surface area contributed by atoms with Crippen LogP contribution < -0.4 is 0 Å². The van der Waals surface area contributed by atoms with Crippen LogP contribution in [0.15, 0.2) is 0 Å². The highest BCUT2D eigenvalue weighted by molar-refractivity contribution is 7.47. The van der Waals surface area contributed by atoms with Crippen molar-refractivity contribution in [3.63, 3.8) is 0 Å². The van der Waals surface area contributed by atoms with Gasteiger partial charge in [0.25, 0.3) is 0 Å². The number of hydrogen-bond donors (Lipinski definition) is 3. The normalized spacial score (nSPS) is 14.8. The lowest BCUT2D eigenvalue weighted by Gasteiger charge is -2.21. The van der Waals surface area contributed by atoms with Gasteiger partial charge in [-0.05, 0) is 37.5 Å². The Hall–Kier alpha value is -1.94. The molecule has 0 radical (unpaired) electrons. The molecule has 4 unspecified atom stereocenters. The second kappa shape index (κ2) is 60.3. The molecule has 0 saturated carbocycles. The Morgan fingerprint density at radius 2 is 0.552 bits per heavy atom. The zero-order chi connectivity index (χ0) is 64.3. The minimum Gasteiger partial charge on any atom is -0.462 e. The fraction of sp³-hybridized carbons (Fsp3) is 0.941. The van der Waals surface area contributed by atoms with Gasteiger partial charge in [0.05, 0.1) is 26.4 Å². The van der Waals surface area contributed by atoms with E-state index in [4.69, 9.17) is 37.0 Å². The molecule has 0 rings (SSSR count). The number of phosphoric acid groups is 2. The van der Waals surface area contributed by atoms with Gasteiger partial charge in [0.2, 0.25) is 0 Å². The van der Waals surface area contributed by atoms with Crippen LogP contribution in [0.5, 0.6) is 0 Å². The van der Waals surface area contributed by atoms with Gasteiger partial charge in [0.1, 0.15) is 19.3 Å². The summed E-state index contributed by atoms with van der Waals surface area (Å²) in [6.45, 7) is 9.50. The summed E-state index contributed by atoms with van der Waals surface area (Å²) in [7, 11) is -9.89. The smallest absolute Gasteiger partial charge is 0.462 e. The quantitative estimate of drug-likeness (QED) is 0.0222. The summed E-state index contributed by atoms with van der Waals surface area (Å²) in [6, 6.07) is 0. The van der Waals surface area contributed by atoms with E-state index in [0.29, 0.717) is 25.7 Å². The Labute approximate surface area is 530 Å². The number of phosphoric ester groups is 2. The molecule has 19 heteroatoms. The maximum atomic E-state index is 13.0. The largest absolute Gasteiger partial charge is 0.472 e. The van der Waals surface area contributed by atoms with Crippen molar-refractivity contribution in [2.75, 3.05) is 39.6 Å². The number of carbonyl (C=O) groups excluding carboxylic acids is 4. The predicted octanol–water partition coefficient (Wildman–Crippen LogP) is 19.2. The summed E-state index contributed by atoms with van der Waals surface area (Å²) in [5, 5.41) is 10.6. The number of hydrogen-bond acceptors (Lipinski definition) is 15. The summed E-state index contributed by atoms with van der Waals surface area (Å²) >= 11 is 0. The van der Waals surface area contributed by atoms with Crippen molar-refractivity contribution in [3.05, 3.63) is 0 Å². The molecule has 0 aromatic heterocycles. The fourth-order valence-corrected chi connectivity index (χ4v) is 11.8. The van der Waals surface area contributed by atoms with E-state index in [-0.39, 0.29) is 25.7 Å². The molecule has 516 valence electrons. The highest BCUT2D eigenvalue weighted by Crippen LogP contribution is 2.45. The average molecular weight is 1280 g/mol. The van der Waals surface area contributed by atoms with E-state index < -0.39 is 97.5 Å². The number of rotatable bonds is 67. The van der Waals surface area contributed by atoms with Crippen molar-refractivity contribution in [2.45, 2.75) is 362 Å². The van der Waals surface area contributed by atoms with Crippen molar-refractivity contribution in [1.29, 1.82) is 0 Å². The first-order valence-electron chi connectivity index (χ1n) is 35.6. The van der Waals surface area contributed by atoms with E-state index >= 15 is 0 Å². The third kappa shape index (κ3) is 60.1. The van der Waals surface area contributed by atoms with Gasteiger partial charge >= 0.3 is 39.5 Å². The van der Waals surface area contributed by atoms with Crippen molar-refractivity contribution in [3.8, 4) is 0 Å². The predicted molar refractivity (Wildman–Crippen MR) is 349 cm³/mol. The third-order valence-electron chi connectivity index (χ3n) is 16.4. The number of ether oxygens (including phenoxy) is 4. The Morgan fingerprint density at radius 1 is 0.322 bits per heavy atom. The summed E-state index contributed by atoms with van der Waals surface area (Å²) in [5.41, 5.74) is 0. The van der Waals surface area contributed by atoms with Gasteiger partial charge in [-0.25, -0.2) is 9.13 Å². The van der Waals surface area contributed by atoms with Crippen molar-refractivity contribution in [2.24, 2.45) is 11.8 Å². The van der Waals surface area contributed by atoms with Gasteiger partial charge in [-0.1, -0.05) is 292 Å². The second-order valence-corrected chi connectivity index (χ2v) is 28.0. The number of carbonyl (C=O) groups is 4. The zero-order valence-corrected chi connectivity index (χ0v) is 58.1. The fourth-order valence-electron chi connectivity index (χ4n) is 10.2. The van der Waals surface area contributed by atoms with E-state index in [2.05, 4.69) is 41.5 Å². The van der Waals surface area contributed by atoms with Gasteiger partial charge in [0, 0.05) is 25.7 Å². The molecule has 0 saturated heterocycles. The molecule has 0 aliphatic rings. The Morgan fingerprint density at radius 3 is 0.816 bits per heavy atom. The molecule has 3 N–H and O–H groups in total. The van der Waals surface area contributed by atoms with Gasteiger partial charge in [-0.2, -0.15) is 0 Å². The second-order valence-electron chi connectivity index (χ2n) is 25.0. The van der Waals surface area contributed by atoms with Crippen LogP contribution in [0.2, 0.25) is 0 Å². The maximum Gasteiger partial charge on any atom is 0.472 e. The molecule has 87 heavy (non-hydrogen) atoms. The van der Waals surface area contributed by atoms with Crippen LogP contribution in [0.25, 0.3) is 0 Å². The van der Waals surface area contributed by atoms with E-state index in [1.807, 2.05) is 0 Å². The lowest BCUT2D eigenvalue weighted by atomic mass is 9.99. The average Bonchev–Trinajstić information content (AvgIpc) is 3.69. The summed E-state index contributed by atoms with van der Waals surface area (Å²) in [6.07, 6.45) is 44.3. The van der Waals surface area contributed by atoms with Gasteiger partial charge in [-0.3, -0.25) is 37.3 Å². The first-order chi connectivity index (χ1) is 41.9. The standard InChI is InChI=1S/C68H132O17P2/c1-7-11-13-15-17-19-21-22-23-28-32-39-45-51-66(71)78-56-63(84-67(72)52-46-40-33-29-25-24-26-30-36-42-48-60(5)9-3)58-82-86(74,75)80-54-62(69)55-81-87(76,77)83-59-64(85-68(73)53-47-41-35-34-37-43-49-61(6)10-4)57-79-65(70)50-44-38-31-27-20-18-16-14-12-8-2/h60-64,69H,7-59H2,1-6H3,(H,74,75)(H,76,77)/t60?,61?,62-,63-,64-/m1/s1. The molecule has 7 atom stereocenters.